The Labute approximate surface area is 161 Å². The maximum atomic E-state index is 5.44. The van der Waals surface area contributed by atoms with E-state index in [2.05, 4.69) is 66.1 Å². The lowest BCUT2D eigenvalue weighted by atomic mass is 10.0. The molecule has 3 rings (SSSR count). The highest BCUT2D eigenvalue weighted by Gasteiger charge is 2.13. The molecule has 138 valence electrons. The quantitative estimate of drug-likeness (QED) is 0.678. The van der Waals surface area contributed by atoms with E-state index in [1.54, 1.807) is 4.90 Å². The molecule has 0 aromatic heterocycles. The van der Waals surface area contributed by atoms with E-state index in [4.69, 9.17) is 17.0 Å². The summed E-state index contributed by atoms with van der Waals surface area (Å²) >= 11 is 5.44. The second-order valence-corrected chi connectivity index (χ2v) is 7.13. The van der Waals surface area contributed by atoms with Crippen LogP contribution in [-0.2, 0) is 4.74 Å². The minimum absolute atomic E-state index is 0.176. The molecule has 0 radical (unpaired) electrons. The summed E-state index contributed by atoms with van der Waals surface area (Å²) in [6.07, 6.45) is 0. The first-order valence-electron chi connectivity index (χ1n) is 9.33. The van der Waals surface area contributed by atoms with Crippen molar-refractivity contribution >= 4 is 17.3 Å². The van der Waals surface area contributed by atoms with E-state index in [-0.39, 0.29) is 6.04 Å². The van der Waals surface area contributed by atoms with Gasteiger partial charge in [-0.25, -0.2) is 0 Å². The average Bonchev–Trinajstić information content (AvgIpc) is 2.69. The van der Waals surface area contributed by atoms with Crippen molar-refractivity contribution in [1.29, 1.82) is 0 Å². The van der Waals surface area contributed by atoms with Gasteiger partial charge in [0.1, 0.15) is 13.1 Å². The monoisotopic (exact) mass is 370 g/mol. The third-order valence-electron chi connectivity index (χ3n) is 4.83. The fraction of sp³-hybridized carbons (Fsp3) is 0.381. The van der Waals surface area contributed by atoms with Crippen molar-refractivity contribution in [3.63, 3.8) is 0 Å². The van der Waals surface area contributed by atoms with E-state index in [0.717, 1.165) is 44.5 Å². The van der Waals surface area contributed by atoms with Crippen molar-refractivity contribution < 1.29 is 9.64 Å². The summed E-state index contributed by atoms with van der Waals surface area (Å²) in [5.74, 6) is 0. The van der Waals surface area contributed by atoms with Crippen LogP contribution in [0.4, 0.5) is 0 Å². The van der Waals surface area contributed by atoms with Gasteiger partial charge in [0.15, 0.2) is 5.11 Å². The van der Waals surface area contributed by atoms with Crippen LogP contribution >= 0.6 is 12.2 Å². The number of quaternary nitrogens is 1. The zero-order chi connectivity index (χ0) is 18.2. The van der Waals surface area contributed by atoms with Crippen molar-refractivity contribution in [3.8, 4) is 11.1 Å². The number of morpholine rings is 1. The van der Waals surface area contributed by atoms with Crippen LogP contribution in [0.1, 0.15) is 18.5 Å². The van der Waals surface area contributed by atoms with Gasteiger partial charge in [-0.2, -0.15) is 0 Å². The zero-order valence-corrected chi connectivity index (χ0v) is 16.1. The van der Waals surface area contributed by atoms with Crippen LogP contribution in [0.3, 0.4) is 0 Å². The molecule has 0 bridgehead atoms. The van der Waals surface area contributed by atoms with Crippen molar-refractivity contribution in [1.82, 2.24) is 10.6 Å². The Morgan fingerprint density at radius 1 is 1.04 bits per heavy atom. The largest absolute Gasteiger partial charge is 0.370 e. The van der Waals surface area contributed by atoms with Crippen LogP contribution in [-0.4, -0.2) is 44.5 Å². The Kier molecular flexibility index (Phi) is 7.00. The number of benzene rings is 2. The van der Waals surface area contributed by atoms with Crippen molar-refractivity contribution in [3.05, 3.63) is 60.2 Å². The molecule has 0 amide bonds. The van der Waals surface area contributed by atoms with E-state index < -0.39 is 0 Å². The molecule has 26 heavy (non-hydrogen) atoms. The summed E-state index contributed by atoms with van der Waals surface area (Å²) in [4.78, 5) is 1.58. The highest BCUT2D eigenvalue weighted by molar-refractivity contribution is 7.80. The van der Waals surface area contributed by atoms with E-state index >= 15 is 0 Å². The molecule has 1 fully saturated rings. The summed E-state index contributed by atoms with van der Waals surface area (Å²) in [6.45, 7) is 8.02. The van der Waals surface area contributed by atoms with E-state index in [0.29, 0.717) is 0 Å². The molecule has 3 N–H and O–H groups in total. The molecule has 1 atom stereocenters. The van der Waals surface area contributed by atoms with Crippen molar-refractivity contribution in [2.75, 3.05) is 39.4 Å². The first kappa shape index (κ1) is 18.8. The van der Waals surface area contributed by atoms with Crippen LogP contribution in [0.5, 0.6) is 0 Å². The Morgan fingerprint density at radius 2 is 1.69 bits per heavy atom. The lowest BCUT2D eigenvalue weighted by Gasteiger charge is -2.24. The second kappa shape index (κ2) is 9.67. The van der Waals surface area contributed by atoms with Crippen LogP contribution < -0.4 is 15.5 Å². The van der Waals surface area contributed by atoms with Crippen LogP contribution in [0.2, 0.25) is 0 Å². The zero-order valence-electron chi connectivity index (χ0n) is 15.3. The molecule has 1 aliphatic heterocycles. The van der Waals surface area contributed by atoms with Gasteiger partial charge < -0.3 is 20.3 Å². The highest BCUT2D eigenvalue weighted by Crippen LogP contribution is 2.21. The van der Waals surface area contributed by atoms with Gasteiger partial charge in [0.2, 0.25) is 0 Å². The van der Waals surface area contributed by atoms with Gasteiger partial charge in [0.05, 0.1) is 32.3 Å². The fourth-order valence-electron chi connectivity index (χ4n) is 3.19. The molecule has 1 saturated heterocycles. The summed E-state index contributed by atoms with van der Waals surface area (Å²) in [6, 6.07) is 19.3. The van der Waals surface area contributed by atoms with E-state index in [9.17, 15) is 0 Å². The standard InChI is InChI=1S/C21H27N3OS/c1-17(23-21(26)22-11-12-24-13-15-25-16-14-24)18-7-9-20(10-8-18)19-5-3-2-4-6-19/h2-10,17H,11-16H2,1H3,(H2,22,23,26)/p+1/t17-/m1/s1. The van der Waals surface area contributed by atoms with Gasteiger partial charge in [0.25, 0.3) is 0 Å². The van der Waals surface area contributed by atoms with E-state index in [1.165, 1.54) is 16.7 Å². The Hall–Kier alpha value is -1.95. The van der Waals surface area contributed by atoms with E-state index in [1.807, 2.05) is 6.07 Å². The SMILES string of the molecule is C[C@@H](NC(=S)NCC[NH+]1CCOCC1)c1ccc(-c2ccccc2)cc1. The predicted octanol–water partition coefficient (Wildman–Crippen LogP) is 1.79. The normalized spacial score (nSPS) is 16.0. The molecular weight excluding hydrogens is 342 g/mol. The lowest BCUT2D eigenvalue weighted by Crippen LogP contribution is -3.14. The Morgan fingerprint density at radius 3 is 2.38 bits per heavy atom. The molecule has 1 aliphatic rings. The molecule has 0 saturated carbocycles. The smallest absolute Gasteiger partial charge is 0.166 e. The summed E-state index contributed by atoms with van der Waals surface area (Å²) in [7, 11) is 0. The lowest BCUT2D eigenvalue weighted by molar-refractivity contribution is -0.906. The molecule has 5 heteroatoms. The molecule has 1 heterocycles. The number of thiocarbonyl (C=S) groups is 1. The van der Waals surface area contributed by atoms with Crippen molar-refractivity contribution in [2.45, 2.75) is 13.0 Å². The highest BCUT2D eigenvalue weighted by atomic mass is 32.1. The van der Waals surface area contributed by atoms with Gasteiger partial charge in [-0.3, -0.25) is 0 Å². The average molecular weight is 371 g/mol. The molecule has 4 nitrogen and oxygen atoms in total. The van der Waals surface area contributed by atoms with Crippen LogP contribution in [0, 0.1) is 0 Å². The number of hydrogen-bond acceptors (Lipinski definition) is 2. The minimum atomic E-state index is 0.176. The van der Waals surface area contributed by atoms with Crippen LogP contribution in [0.15, 0.2) is 54.6 Å². The number of ether oxygens (including phenoxy) is 1. The third kappa shape index (κ3) is 5.53. The topological polar surface area (TPSA) is 37.7 Å². The summed E-state index contributed by atoms with van der Waals surface area (Å²) < 4.78 is 5.39. The second-order valence-electron chi connectivity index (χ2n) is 6.72. The molecule has 2 aromatic rings. The van der Waals surface area contributed by atoms with Gasteiger partial charge in [-0.05, 0) is 35.8 Å². The molecule has 0 spiro atoms. The van der Waals surface area contributed by atoms with Crippen molar-refractivity contribution in [2.24, 2.45) is 0 Å². The van der Waals surface area contributed by atoms with Gasteiger partial charge >= 0.3 is 0 Å². The molecule has 0 aliphatic carbocycles. The van der Waals surface area contributed by atoms with Crippen LogP contribution in [0.25, 0.3) is 11.1 Å². The summed E-state index contributed by atoms with van der Waals surface area (Å²) in [5.41, 5.74) is 3.70. The predicted molar refractivity (Wildman–Crippen MR) is 110 cm³/mol. The summed E-state index contributed by atoms with van der Waals surface area (Å²) in [5, 5.41) is 7.43. The van der Waals surface area contributed by atoms with Gasteiger partial charge in [-0.15, -0.1) is 0 Å². The molecular formula is C21H28N3OS+. The maximum Gasteiger partial charge on any atom is 0.166 e. The first-order chi connectivity index (χ1) is 12.7. The minimum Gasteiger partial charge on any atom is -0.370 e. The molecule has 0 unspecified atom stereocenters. The number of hydrogen-bond donors (Lipinski definition) is 3. The third-order valence-corrected chi connectivity index (χ3v) is 5.09. The fourth-order valence-corrected chi connectivity index (χ4v) is 3.47. The number of rotatable bonds is 6. The number of nitrogens with one attached hydrogen (secondary N) is 3. The Bertz CT molecular complexity index is 684. The molecule has 2 aromatic carbocycles. The maximum absolute atomic E-state index is 5.44. The van der Waals surface area contributed by atoms with Gasteiger partial charge in [-0.1, -0.05) is 54.6 Å². The van der Waals surface area contributed by atoms with Gasteiger partial charge in [0, 0.05) is 0 Å². The first-order valence-corrected chi connectivity index (χ1v) is 9.74. The Balaban J connectivity index is 1.45.